The number of hydrogen-bond acceptors (Lipinski definition) is 5. The van der Waals surface area contributed by atoms with Crippen LogP contribution in [0.3, 0.4) is 0 Å². The van der Waals surface area contributed by atoms with Gasteiger partial charge in [0.05, 0.1) is 0 Å². The van der Waals surface area contributed by atoms with E-state index in [1.54, 1.807) is 18.3 Å². The first kappa shape index (κ1) is 28.0. The summed E-state index contributed by atoms with van der Waals surface area (Å²) in [6.07, 6.45) is -1.23. The first-order valence-electron chi connectivity index (χ1n) is 13.2. The first-order chi connectivity index (χ1) is 19.8. The van der Waals surface area contributed by atoms with Gasteiger partial charge in [-0.25, -0.2) is 9.78 Å². The minimum atomic E-state index is -4.79. The number of halogens is 3. The number of urea groups is 1. The number of amides is 2. The highest BCUT2D eigenvalue weighted by Gasteiger charge is 2.31. The van der Waals surface area contributed by atoms with Gasteiger partial charge in [-0.1, -0.05) is 48.5 Å². The van der Waals surface area contributed by atoms with Crippen LogP contribution in [0.2, 0.25) is 0 Å². The van der Waals surface area contributed by atoms with E-state index < -0.39 is 12.4 Å². The molecule has 1 fully saturated rings. The van der Waals surface area contributed by atoms with E-state index in [4.69, 9.17) is 4.74 Å². The summed E-state index contributed by atoms with van der Waals surface area (Å²) in [7, 11) is 0. The lowest BCUT2D eigenvalue weighted by molar-refractivity contribution is -0.274. The number of carbonyl (C=O) groups excluding carboxylic acids is 1. The normalized spacial score (nSPS) is 14.3. The van der Waals surface area contributed by atoms with Gasteiger partial charge in [-0.2, -0.15) is 0 Å². The van der Waals surface area contributed by atoms with Gasteiger partial charge in [0.1, 0.15) is 17.2 Å². The number of hydrogen-bond donors (Lipinski definition) is 2. The summed E-state index contributed by atoms with van der Waals surface area (Å²) in [5.74, 6) is 0.847. The van der Waals surface area contributed by atoms with Gasteiger partial charge in [-0.05, 0) is 85.4 Å². The molecule has 3 aromatic carbocycles. The number of alkyl halides is 3. The topological polar surface area (TPSA) is 75.7 Å². The van der Waals surface area contributed by atoms with E-state index in [2.05, 4.69) is 55.6 Å². The van der Waals surface area contributed by atoms with Crippen LogP contribution < -0.4 is 20.1 Å². The predicted octanol–water partition coefficient (Wildman–Crippen LogP) is 7.80. The van der Waals surface area contributed by atoms with E-state index in [1.807, 2.05) is 24.3 Å². The predicted molar refractivity (Wildman–Crippen MR) is 150 cm³/mol. The number of anilines is 2. The molecular weight excluding hydrogens is 533 g/mol. The number of nitrogens with one attached hydrogen (secondary N) is 2. The maximum absolute atomic E-state index is 12.7. The molecule has 2 amide bonds. The van der Waals surface area contributed by atoms with Crippen LogP contribution in [0.4, 0.5) is 29.3 Å². The fraction of sp³-hybridized carbons (Fsp3) is 0.226. The molecule has 4 aromatic rings. The third-order valence-electron chi connectivity index (χ3n) is 6.77. The highest BCUT2D eigenvalue weighted by Crippen LogP contribution is 2.37. The Kier molecular flexibility index (Phi) is 8.69. The fourth-order valence-electron chi connectivity index (χ4n) is 4.85. The smallest absolute Gasteiger partial charge is 0.437 e. The van der Waals surface area contributed by atoms with Crippen LogP contribution in [0.1, 0.15) is 29.9 Å². The molecule has 7 nitrogen and oxygen atoms in total. The lowest BCUT2D eigenvalue weighted by Crippen LogP contribution is -2.32. The molecular formula is C31H29F3N4O3. The Labute approximate surface area is 235 Å². The molecule has 212 valence electrons. The number of pyridine rings is 1. The standard InChI is InChI=1S/C31H29F3N4O3/c32-31(33,34)41-25-14-12-24(13-15-25)36-30(39)37-27-10-6-18-35-29(27)40-28-11-5-4-9-26(28)23-16-19-38(20-17-23)21-22-7-2-1-3-8-22/h1-15,18,23H,16-17,19-21H2,(H2,36,37,39). The quantitative estimate of drug-likeness (QED) is 0.229. The third-order valence-corrected chi connectivity index (χ3v) is 6.77. The summed E-state index contributed by atoms with van der Waals surface area (Å²) in [5, 5.41) is 5.29. The van der Waals surface area contributed by atoms with Crippen LogP contribution in [0.5, 0.6) is 17.4 Å². The Morgan fingerprint density at radius 1 is 0.878 bits per heavy atom. The monoisotopic (exact) mass is 562 g/mol. The first-order valence-corrected chi connectivity index (χ1v) is 13.2. The van der Waals surface area contributed by atoms with Gasteiger partial charge in [-0.15, -0.1) is 13.2 Å². The summed E-state index contributed by atoms with van der Waals surface area (Å²) in [6.45, 7) is 2.89. The number of carbonyl (C=O) groups is 1. The highest BCUT2D eigenvalue weighted by molar-refractivity contribution is 6.00. The summed E-state index contributed by atoms with van der Waals surface area (Å²) in [5.41, 5.74) is 3.03. The van der Waals surface area contributed by atoms with Crippen molar-refractivity contribution < 1.29 is 27.4 Å². The molecule has 1 aromatic heterocycles. The number of likely N-dealkylation sites (tertiary alicyclic amines) is 1. The Morgan fingerprint density at radius 2 is 1.59 bits per heavy atom. The second kappa shape index (κ2) is 12.7. The molecule has 0 saturated carbocycles. The minimum absolute atomic E-state index is 0.227. The number of para-hydroxylation sites is 1. The summed E-state index contributed by atoms with van der Waals surface area (Å²) in [4.78, 5) is 19.4. The van der Waals surface area contributed by atoms with E-state index in [0.29, 0.717) is 17.4 Å². The van der Waals surface area contributed by atoms with E-state index in [-0.39, 0.29) is 17.3 Å². The zero-order valence-electron chi connectivity index (χ0n) is 22.1. The number of benzene rings is 3. The third kappa shape index (κ3) is 7.98. The number of nitrogens with zero attached hydrogens (tertiary/aromatic N) is 2. The molecule has 5 rings (SSSR count). The number of piperidine rings is 1. The summed E-state index contributed by atoms with van der Waals surface area (Å²) >= 11 is 0. The average molecular weight is 563 g/mol. The van der Waals surface area contributed by atoms with Crippen molar-refractivity contribution in [2.24, 2.45) is 0 Å². The molecule has 2 N–H and O–H groups in total. The molecule has 1 aliphatic heterocycles. The maximum atomic E-state index is 12.7. The van der Waals surface area contributed by atoms with Crippen LogP contribution in [0, 0.1) is 0 Å². The van der Waals surface area contributed by atoms with E-state index in [9.17, 15) is 18.0 Å². The molecule has 1 saturated heterocycles. The Balaban J connectivity index is 1.21. The van der Waals surface area contributed by atoms with Gasteiger partial charge >= 0.3 is 12.4 Å². The fourth-order valence-corrected chi connectivity index (χ4v) is 4.85. The van der Waals surface area contributed by atoms with Crippen molar-refractivity contribution in [1.29, 1.82) is 0 Å². The van der Waals surface area contributed by atoms with Crippen molar-refractivity contribution in [1.82, 2.24) is 9.88 Å². The van der Waals surface area contributed by atoms with Gasteiger partial charge in [0, 0.05) is 18.4 Å². The SMILES string of the molecule is O=C(Nc1ccc(OC(F)(F)F)cc1)Nc1cccnc1Oc1ccccc1C1CCN(Cc2ccccc2)CC1. The van der Waals surface area contributed by atoms with Gasteiger partial charge in [0.15, 0.2) is 0 Å². The number of aromatic nitrogens is 1. The molecule has 0 bridgehead atoms. The molecule has 41 heavy (non-hydrogen) atoms. The van der Waals surface area contributed by atoms with Crippen LogP contribution >= 0.6 is 0 Å². The molecule has 0 unspecified atom stereocenters. The summed E-state index contributed by atoms with van der Waals surface area (Å²) < 4.78 is 47.3. The molecule has 10 heteroatoms. The molecule has 0 spiro atoms. The zero-order chi connectivity index (χ0) is 28.7. The number of rotatable bonds is 8. The van der Waals surface area contributed by atoms with E-state index >= 15 is 0 Å². The Bertz CT molecular complexity index is 1440. The van der Waals surface area contributed by atoms with Crippen molar-refractivity contribution >= 4 is 17.4 Å². The van der Waals surface area contributed by atoms with Crippen molar-refractivity contribution in [3.8, 4) is 17.4 Å². The van der Waals surface area contributed by atoms with Crippen LogP contribution in [0.25, 0.3) is 0 Å². The highest BCUT2D eigenvalue weighted by atomic mass is 19.4. The largest absolute Gasteiger partial charge is 0.573 e. The Hall–Kier alpha value is -4.57. The molecule has 2 heterocycles. The summed E-state index contributed by atoms with van der Waals surface area (Å²) in [6, 6.07) is 25.9. The van der Waals surface area contributed by atoms with Crippen molar-refractivity contribution in [3.05, 3.63) is 108 Å². The van der Waals surface area contributed by atoms with E-state index in [1.165, 1.54) is 17.7 Å². The van der Waals surface area contributed by atoms with Crippen LogP contribution in [0.15, 0.2) is 97.2 Å². The van der Waals surface area contributed by atoms with Crippen molar-refractivity contribution in [2.45, 2.75) is 31.7 Å². The van der Waals surface area contributed by atoms with E-state index in [0.717, 1.165) is 50.2 Å². The maximum Gasteiger partial charge on any atom is 0.573 e. The van der Waals surface area contributed by atoms with Crippen molar-refractivity contribution in [3.63, 3.8) is 0 Å². The van der Waals surface area contributed by atoms with Crippen LogP contribution in [-0.4, -0.2) is 35.4 Å². The lowest BCUT2D eigenvalue weighted by Gasteiger charge is -2.32. The second-order valence-corrected chi connectivity index (χ2v) is 9.68. The van der Waals surface area contributed by atoms with Gasteiger partial charge in [0.2, 0.25) is 5.88 Å². The minimum Gasteiger partial charge on any atom is -0.437 e. The molecule has 0 atom stereocenters. The lowest BCUT2D eigenvalue weighted by atomic mass is 9.88. The molecule has 0 aliphatic carbocycles. The second-order valence-electron chi connectivity index (χ2n) is 9.68. The van der Waals surface area contributed by atoms with Gasteiger partial charge in [-0.3, -0.25) is 4.90 Å². The molecule has 1 aliphatic rings. The van der Waals surface area contributed by atoms with Crippen LogP contribution in [-0.2, 0) is 6.54 Å². The number of ether oxygens (including phenoxy) is 2. The zero-order valence-corrected chi connectivity index (χ0v) is 22.1. The van der Waals surface area contributed by atoms with Gasteiger partial charge in [0.25, 0.3) is 0 Å². The molecule has 0 radical (unpaired) electrons. The van der Waals surface area contributed by atoms with Crippen molar-refractivity contribution in [2.75, 3.05) is 23.7 Å². The Morgan fingerprint density at radius 3 is 2.32 bits per heavy atom. The van der Waals surface area contributed by atoms with Gasteiger partial charge < -0.3 is 20.1 Å². The average Bonchev–Trinajstić information content (AvgIpc) is 2.96.